The third kappa shape index (κ3) is 4.34. The summed E-state index contributed by atoms with van der Waals surface area (Å²) < 4.78 is 3.81. The Labute approximate surface area is 205 Å². The van der Waals surface area contributed by atoms with Gasteiger partial charge in [-0.3, -0.25) is 9.67 Å². The maximum Gasteiger partial charge on any atom is 0.103 e. The predicted molar refractivity (Wildman–Crippen MR) is 131 cm³/mol. The van der Waals surface area contributed by atoms with E-state index >= 15 is 0 Å². The van der Waals surface area contributed by atoms with E-state index in [-0.39, 0.29) is 5.25 Å². The number of halogens is 2. The fourth-order valence-corrected chi connectivity index (χ4v) is 6.30. The van der Waals surface area contributed by atoms with Crippen LogP contribution >= 0.6 is 35.0 Å². The van der Waals surface area contributed by atoms with E-state index in [4.69, 9.17) is 23.2 Å². The first-order chi connectivity index (χ1) is 16.0. The minimum absolute atomic E-state index is 0.0653. The van der Waals surface area contributed by atoms with Crippen molar-refractivity contribution in [3.05, 3.63) is 64.4 Å². The summed E-state index contributed by atoms with van der Waals surface area (Å²) in [6, 6.07) is 4.69. The highest BCUT2D eigenvalue weighted by Crippen LogP contribution is 2.43. The topological polar surface area (TPSA) is 83.8 Å². The minimum atomic E-state index is -0.0653. The van der Waals surface area contributed by atoms with Gasteiger partial charge in [-0.2, -0.15) is 15.5 Å². The van der Waals surface area contributed by atoms with E-state index in [2.05, 4.69) is 38.8 Å². The Balaban J connectivity index is 1.55. The zero-order chi connectivity index (χ0) is 22.9. The van der Waals surface area contributed by atoms with Crippen molar-refractivity contribution in [3.8, 4) is 17.2 Å². The first-order valence-corrected chi connectivity index (χ1v) is 12.3. The number of hydrogen-bond acceptors (Lipinski definition) is 6. The van der Waals surface area contributed by atoms with Crippen LogP contribution in [0.3, 0.4) is 0 Å². The molecule has 168 valence electrons. The van der Waals surface area contributed by atoms with Crippen LogP contribution in [0.4, 0.5) is 0 Å². The van der Waals surface area contributed by atoms with Gasteiger partial charge in [0.15, 0.2) is 0 Å². The number of fused-ring (bicyclic) bond motifs is 1. The molecule has 1 fully saturated rings. The third-order valence-corrected chi connectivity index (χ3v) is 7.63. The van der Waals surface area contributed by atoms with Crippen molar-refractivity contribution in [2.75, 3.05) is 13.1 Å². The molecule has 7 nitrogen and oxygen atoms in total. The second kappa shape index (κ2) is 9.35. The summed E-state index contributed by atoms with van der Waals surface area (Å²) in [7, 11) is 0. The maximum atomic E-state index is 9.64. The highest BCUT2D eigenvalue weighted by molar-refractivity contribution is 7.99. The number of rotatable bonds is 5. The Bertz CT molecular complexity index is 1330. The molecule has 1 unspecified atom stereocenters. The monoisotopic (exact) mass is 497 g/mol. The normalized spacial score (nSPS) is 17.2. The van der Waals surface area contributed by atoms with Crippen molar-refractivity contribution in [3.63, 3.8) is 0 Å². The lowest BCUT2D eigenvalue weighted by atomic mass is 10.1. The molecule has 2 atom stereocenters. The van der Waals surface area contributed by atoms with Crippen molar-refractivity contribution in [2.45, 2.75) is 36.0 Å². The number of thioether (sulfide) groups is 1. The smallest absolute Gasteiger partial charge is 0.103 e. The third-order valence-electron chi connectivity index (χ3n) is 5.88. The molecule has 0 radical (unpaired) electrons. The van der Waals surface area contributed by atoms with Crippen LogP contribution in [0.25, 0.3) is 16.6 Å². The second-order valence-corrected chi connectivity index (χ2v) is 10.2. The van der Waals surface area contributed by atoms with Crippen LogP contribution in [-0.2, 0) is 0 Å². The molecule has 1 N–H and O–H groups in total. The largest absolute Gasteiger partial charge is 0.315 e. The van der Waals surface area contributed by atoms with Crippen molar-refractivity contribution in [1.82, 2.24) is 29.7 Å². The van der Waals surface area contributed by atoms with E-state index in [0.717, 1.165) is 53.0 Å². The summed E-state index contributed by atoms with van der Waals surface area (Å²) in [5.74, 6) is 0. The Morgan fingerprint density at radius 2 is 1.97 bits per heavy atom. The Hall–Kier alpha value is -2.57. The van der Waals surface area contributed by atoms with Crippen molar-refractivity contribution in [1.29, 1.82) is 5.26 Å². The van der Waals surface area contributed by atoms with E-state index in [1.54, 1.807) is 34.9 Å². The molecule has 1 aliphatic heterocycles. The number of nitrogens with zero attached hydrogens (tertiary/aromatic N) is 6. The van der Waals surface area contributed by atoms with Gasteiger partial charge in [-0.25, -0.2) is 4.52 Å². The summed E-state index contributed by atoms with van der Waals surface area (Å²) in [4.78, 5) is 4.97. The van der Waals surface area contributed by atoms with Gasteiger partial charge in [0.05, 0.1) is 39.6 Å². The summed E-state index contributed by atoms with van der Waals surface area (Å²) in [6.07, 6.45) is 13.0. The zero-order valence-corrected chi connectivity index (χ0v) is 20.2. The Morgan fingerprint density at radius 3 is 2.70 bits per heavy atom. The standard InChI is InChI=1S/C23H21Cl2N7S/c1-14(22-19(24)10-28-11-20(22)25)33-21-5-15(12-32-23(21)16(6-26)7-30-32)17-8-29-31(13-17)18-3-2-4-27-9-18/h5,7-8,10-14,18,27H,2-4,9H2,1H3/t14-,18?/m1/s1. The van der Waals surface area contributed by atoms with E-state index in [0.29, 0.717) is 21.7 Å². The second-order valence-electron chi connectivity index (χ2n) is 8.04. The fourth-order valence-electron chi connectivity index (χ4n) is 4.22. The van der Waals surface area contributed by atoms with Crippen LogP contribution in [0.1, 0.15) is 42.2 Å². The molecule has 0 aromatic carbocycles. The molecule has 0 aliphatic carbocycles. The fraction of sp³-hybridized carbons (Fsp3) is 0.304. The lowest BCUT2D eigenvalue weighted by Crippen LogP contribution is -2.31. The molecule has 4 aromatic heterocycles. The number of aromatic nitrogens is 5. The van der Waals surface area contributed by atoms with Gasteiger partial charge < -0.3 is 5.32 Å². The van der Waals surface area contributed by atoms with Gasteiger partial charge in [-0.05, 0) is 32.4 Å². The molecular weight excluding hydrogens is 477 g/mol. The molecule has 0 saturated carbocycles. The zero-order valence-electron chi connectivity index (χ0n) is 17.9. The van der Waals surface area contributed by atoms with Gasteiger partial charge in [0.25, 0.3) is 0 Å². The van der Waals surface area contributed by atoms with Crippen LogP contribution < -0.4 is 5.32 Å². The summed E-state index contributed by atoms with van der Waals surface area (Å²) in [5, 5.41) is 23.1. The van der Waals surface area contributed by atoms with Crippen molar-refractivity contribution >= 4 is 40.5 Å². The molecule has 5 heterocycles. The molecule has 4 aromatic rings. The predicted octanol–water partition coefficient (Wildman–Crippen LogP) is 5.55. The number of pyridine rings is 2. The molecule has 33 heavy (non-hydrogen) atoms. The number of nitrogens with one attached hydrogen (secondary N) is 1. The van der Waals surface area contributed by atoms with Crippen LogP contribution in [0.5, 0.6) is 0 Å². The van der Waals surface area contributed by atoms with E-state index in [1.807, 2.05) is 24.0 Å². The molecule has 0 spiro atoms. The molecule has 0 amide bonds. The van der Waals surface area contributed by atoms with Crippen molar-refractivity contribution in [2.24, 2.45) is 0 Å². The highest BCUT2D eigenvalue weighted by Gasteiger charge is 2.21. The van der Waals surface area contributed by atoms with Gasteiger partial charge in [0, 0.05) is 58.2 Å². The summed E-state index contributed by atoms with van der Waals surface area (Å²) in [5.41, 5.74) is 4.09. The van der Waals surface area contributed by atoms with Gasteiger partial charge in [0.2, 0.25) is 0 Å². The first-order valence-electron chi connectivity index (χ1n) is 10.7. The average Bonchev–Trinajstić information content (AvgIpc) is 3.47. The van der Waals surface area contributed by atoms with Gasteiger partial charge in [0.1, 0.15) is 6.07 Å². The summed E-state index contributed by atoms with van der Waals surface area (Å²) in [6.45, 7) is 4.03. The van der Waals surface area contributed by atoms with E-state index in [9.17, 15) is 5.26 Å². The quantitative estimate of drug-likeness (QED) is 0.364. The molecule has 1 saturated heterocycles. The molecule has 0 bridgehead atoms. The number of piperidine rings is 1. The first kappa shape index (κ1) is 22.2. The minimum Gasteiger partial charge on any atom is -0.315 e. The van der Waals surface area contributed by atoms with Crippen molar-refractivity contribution < 1.29 is 0 Å². The van der Waals surface area contributed by atoms with Crippen LogP contribution in [0.15, 0.2) is 48.1 Å². The molecule has 10 heteroatoms. The van der Waals surface area contributed by atoms with Crippen LogP contribution in [-0.4, -0.2) is 37.5 Å². The van der Waals surface area contributed by atoms with Gasteiger partial charge >= 0.3 is 0 Å². The molecular formula is C23H21Cl2N7S. The maximum absolute atomic E-state index is 9.64. The van der Waals surface area contributed by atoms with Crippen LogP contribution in [0, 0.1) is 11.3 Å². The Kier molecular flexibility index (Phi) is 6.30. The average molecular weight is 498 g/mol. The number of nitriles is 1. The van der Waals surface area contributed by atoms with Gasteiger partial charge in [-0.1, -0.05) is 23.2 Å². The Morgan fingerprint density at radius 1 is 1.15 bits per heavy atom. The van der Waals surface area contributed by atoms with E-state index in [1.165, 1.54) is 0 Å². The summed E-state index contributed by atoms with van der Waals surface area (Å²) >= 11 is 14.4. The molecule has 1 aliphatic rings. The SMILES string of the molecule is C[C@@H](Sc1cc(-c2cnn(C3CCCNC3)c2)cn2ncc(C#N)c12)c1c(Cl)cncc1Cl. The highest BCUT2D eigenvalue weighted by atomic mass is 35.5. The lowest BCUT2D eigenvalue weighted by Gasteiger charge is -2.22. The van der Waals surface area contributed by atoms with E-state index < -0.39 is 0 Å². The number of hydrogen-bond donors (Lipinski definition) is 1. The molecule has 5 rings (SSSR count). The van der Waals surface area contributed by atoms with Crippen LogP contribution in [0.2, 0.25) is 10.0 Å². The lowest BCUT2D eigenvalue weighted by molar-refractivity contribution is 0.347. The van der Waals surface area contributed by atoms with Gasteiger partial charge in [-0.15, -0.1) is 11.8 Å².